The minimum atomic E-state index is -0.677. The maximum atomic E-state index is 13.1. The summed E-state index contributed by atoms with van der Waals surface area (Å²) in [5.41, 5.74) is 0.882. The van der Waals surface area contributed by atoms with Crippen molar-refractivity contribution in [3.8, 4) is 5.75 Å². The first-order valence-corrected chi connectivity index (χ1v) is 8.65. The monoisotopic (exact) mass is 362 g/mol. The van der Waals surface area contributed by atoms with Gasteiger partial charge in [0, 0.05) is 12.7 Å². The predicted octanol–water partition coefficient (Wildman–Crippen LogP) is 2.15. The van der Waals surface area contributed by atoms with Crippen LogP contribution in [0.4, 0.5) is 0 Å². The molecule has 3 heterocycles. The van der Waals surface area contributed by atoms with Gasteiger partial charge < -0.3 is 10.0 Å². The second-order valence-corrected chi connectivity index (χ2v) is 6.47. The van der Waals surface area contributed by atoms with Gasteiger partial charge in [-0.3, -0.25) is 14.6 Å². The average Bonchev–Trinajstić information content (AvgIpc) is 2.71. The van der Waals surface area contributed by atoms with Gasteiger partial charge in [0.1, 0.15) is 6.04 Å². The van der Waals surface area contributed by atoms with E-state index in [1.165, 1.54) is 4.68 Å². The molecule has 0 spiro atoms. The Balaban J connectivity index is 1.86. The highest BCUT2D eigenvalue weighted by Gasteiger charge is 2.38. The molecule has 7 nitrogen and oxygen atoms in total. The highest BCUT2D eigenvalue weighted by atomic mass is 16.3. The van der Waals surface area contributed by atoms with Crippen LogP contribution in [0.2, 0.25) is 0 Å². The molecule has 1 unspecified atom stereocenters. The lowest BCUT2D eigenvalue weighted by molar-refractivity contribution is 0.0584. The van der Waals surface area contributed by atoms with E-state index in [2.05, 4.69) is 10.1 Å². The van der Waals surface area contributed by atoms with Crippen LogP contribution < -0.4 is 5.43 Å². The number of hydrogen-bond donors (Lipinski definition) is 1. The Hall–Kier alpha value is -3.48. The van der Waals surface area contributed by atoms with E-state index in [9.17, 15) is 14.7 Å². The summed E-state index contributed by atoms with van der Waals surface area (Å²) < 4.78 is 1.40. The number of carbonyl (C=O) groups is 1. The van der Waals surface area contributed by atoms with Crippen molar-refractivity contribution in [1.29, 1.82) is 0 Å². The molecule has 1 N–H and O–H groups in total. The van der Waals surface area contributed by atoms with Crippen LogP contribution in [-0.2, 0) is 0 Å². The Morgan fingerprint density at radius 1 is 1.11 bits per heavy atom. The zero-order chi connectivity index (χ0) is 19.0. The van der Waals surface area contributed by atoms with Crippen molar-refractivity contribution in [2.24, 2.45) is 0 Å². The van der Waals surface area contributed by atoms with E-state index >= 15 is 0 Å². The molecule has 3 aromatic rings. The number of nitrogens with zero attached hydrogens (tertiary/aromatic N) is 4. The van der Waals surface area contributed by atoms with Gasteiger partial charge in [0.2, 0.25) is 5.43 Å². The van der Waals surface area contributed by atoms with E-state index in [0.717, 1.165) is 11.8 Å². The van der Waals surface area contributed by atoms with E-state index in [0.29, 0.717) is 12.2 Å². The van der Waals surface area contributed by atoms with Crippen LogP contribution in [0.3, 0.4) is 0 Å². The van der Waals surface area contributed by atoms with Crippen molar-refractivity contribution in [2.75, 3.05) is 6.54 Å². The van der Waals surface area contributed by atoms with Crippen LogP contribution in [0.25, 0.3) is 0 Å². The first-order chi connectivity index (χ1) is 13.1. The molecule has 1 aromatic carbocycles. The summed E-state index contributed by atoms with van der Waals surface area (Å²) in [6, 6.07) is 14.5. The summed E-state index contributed by atoms with van der Waals surface area (Å²) >= 11 is 0. The second-order valence-electron chi connectivity index (χ2n) is 6.47. The largest absolute Gasteiger partial charge is 0.502 e. The summed E-state index contributed by atoms with van der Waals surface area (Å²) in [4.78, 5) is 31.1. The van der Waals surface area contributed by atoms with Gasteiger partial charge in [-0.1, -0.05) is 36.4 Å². The van der Waals surface area contributed by atoms with Crippen LogP contribution in [-0.4, -0.2) is 37.2 Å². The quantitative estimate of drug-likeness (QED) is 0.771. The van der Waals surface area contributed by atoms with Crippen molar-refractivity contribution in [2.45, 2.75) is 19.0 Å². The minimum absolute atomic E-state index is 0.104. The van der Waals surface area contributed by atoms with Gasteiger partial charge in [-0.25, -0.2) is 4.68 Å². The van der Waals surface area contributed by atoms with Crippen LogP contribution in [0, 0.1) is 0 Å². The summed E-state index contributed by atoms with van der Waals surface area (Å²) in [5.74, 6) is -1.01. The first-order valence-electron chi connectivity index (χ1n) is 8.65. The molecule has 1 aliphatic heterocycles. The van der Waals surface area contributed by atoms with Gasteiger partial charge in [-0.05, 0) is 24.6 Å². The molecular weight excluding hydrogens is 344 g/mol. The van der Waals surface area contributed by atoms with Gasteiger partial charge in [0.05, 0.1) is 17.9 Å². The number of pyridine rings is 1. The van der Waals surface area contributed by atoms with Crippen molar-refractivity contribution in [3.05, 3.63) is 88.1 Å². The third-order valence-electron chi connectivity index (χ3n) is 4.89. The summed E-state index contributed by atoms with van der Waals surface area (Å²) in [6.07, 6.45) is 2.69. The number of aromatic hydroxyl groups is 1. The molecule has 0 saturated heterocycles. The molecule has 1 aliphatic rings. The normalized spacial score (nSPS) is 17.4. The van der Waals surface area contributed by atoms with Crippen LogP contribution in [0.15, 0.2) is 65.7 Å². The third-order valence-corrected chi connectivity index (χ3v) is 4.89. The SMILES string of the molecule is C[C@@H](c1ccccc1)N1CC(c2ccccn2)n2ncc(=O)c(O)c2C1=O. The fourth-order valence-electron chi connectivity index (χ4n) is 3.41. The van der Waals surface area contributed by atoms with Crippen molar-refractivity contribution < 1.29 is 9.90 Å². The molecule has 0 aliphatic carbocycles. The fraction of sp³-hybridized carbons (Fsp3) is 0.200. The molecule has 7 heteroatoms. The standard InChI is InChI=1S/C20H18N4O3/c1-13(14-7-3-2-4-8-14)23-12-16(15-9-5-6-10-21-15)24-18(20(23)27)19(26)17(25)11-22-24/h2-11,13,16,26H,12H2,1H3/t13-,16?/m0/s1. The molecule has 0 bridgehead atoms. The van der Waals surface area contributed by atoms with Crippen molar-refractivity contribution >= 4 is 5.91 Å². The van der Waals surface area contributed by atoms with Crippen molar-refractivity contribution in [1.82, 2.24) is 19.7 Å². The molecule has 0 saturated carbocycles. The van der Waals surface area contributed by atoms with Crippen LogP contribution in [0.1, 0.15) is 40.8 Å². The Bertz CT molecular complexity index is 1030. The Morgan fingerprint density at radius 2 is 1.85 bits per heavy atom. The Kier molecular flexibility index (Phi) is 4.19. The topological polar surface area (TPSA) is 88.3 Å². The van der Waals surface area contributed by atoms with Gasteiger partial charge in [-0.15, -0.1) is 0 Å². The molecule has 0 radical (unpaired) electrons. The maximum absolute atomic E-state index is 13.1. The molecular formula is C20H18N4O3. The van der Waals surface area contributed by atoms with E-state index in [1.807, 2.05) is 49.4 Å². The molecule has 27 heavy (non-hydrogen) atoms. The number of carbonyl (C=O) groups excluding carboxylic acids is 1. The lowest BCUT2D eigenvalue weighted by Crippen LogP contribution is -2.46. The van der Waals surface area contributed by atoms with Gasteiger partial charge in [-0.2, -0.15) is 5.10 Å². The molecule has 2 atom stereocenters. The predicted molar refractivity (Wildman–Crippen MR) is 98.4 cm³/mol. The second kappa shape index (κ2) is 6.68. The third kappa shape index (κ3) is 2.87. The number of fused-ring (bicyclic) bond motifs is 1. The van der Waals surface area contributed by atoms with E-state index in [1.54, 1.807) is 17.2 Å². The van der Waals surface area contributed by atoms with Gasteiger partial charge in [0.15, 0.2) is 11.4 Å². The van der Waals surface area contributed by atoms with E-state index in [-0.39, 0.29) is 11.7 Å². The number of hydrogen-bond acceptors (Lipinski definition) is 5. The van der Waals surface area contributed by atoms with Crippen LogP contribution >= 0.6 is 0 Å². The summed E-state index contributed by atoms with van der Waals surface area (Å²) in [5, 5.41) is 14.4. The molecule has 1 amide bonds. The Labute approximate surface area is 155 Å². The van der Waals surface area contributed by atoms with Crippen LogP contribution in [0.5, 0.6) is 5.75 Å². The summed E-state index contributed by atoms with van der Waals surface area (Å²) in [7, 11) is 0. The first kappa shape index (κ1) is 17.0. The highest BCUT2D eigenvalue weighted by molar-refractivity contribution is 5.96. The van der Waals surface area contributed by atoms with E-state index in [4.69, 9.17) is 0 Å². The lowest BCUT2D eigenvalue weighted by Gasteiger charge is -2.38. The summed E-state index contributed by atoms with van der Waals surface area (Å²) in [6.45, 7) is 2.25. The number of aromatic nitrogens is 3. The van der Waals surface area contributed by atoms with Crippen molar-refractivity contribution in [3.63, 3.8) is 0 Å². The lowest BCUT2D eigenvalue weighted by atomic mass is 10.0. The van der Waals surface area contributed by atoms with Gasteiger partial charge in [0.25, 0.3) is 5.91 Å². The van der Waals surface area contributed by atoms with Gasteiger partial charge >= 0.3 is 0 Å². The molecule has 4 rings (SSSR count). The Morgan fingerprint density at radius 3 is 2.56 bits per heavy atom. The molecule has 2 aromatic heterocycles. The smallest absolute Gasteiger partial charge is 0.276 e. The molecule has 136 valence electrons. The highest BCUT2D eigenvalue weighted by Crippen LogP contribution is 2.33. The fourth-order valence-corrected chi connectivity index (χ4v) is 3.41. The zero-order valence-electron chi connectivity index (χ0n) is 14.7. The number of amides is 1. The number of rotatable bonds is 3. The zero-order valence-corrected chi connectivity index (χ0v) is 14.7. The maximum Gasteiger partial charge on any atom is 0.276 e. The number of benzene rings is 1. The van der Waals surface area contributed by atoms with E-state index < -0.39 is 23.1 Å². The minimum Gasteiger partial charge on any atom is -0.502 e. The molecule has 0 fully saturated rings. The average molecular weight is 362 g/mol.